The minimum atomic E-state index is -4.26. The predicted octanol–water partition coefficient (Wildman–Crippen LogP) is 3.19. The number of fused-ring (bicyclic) bond motifs is 1. The molecule has 0 bridgehead atoms. The molecule has 0 aliphatic rings. The van der Waals surface area contributed by atoms with Gasteiger partial charge in [0.2, 0.25) is 0 Å². The first-order valence-corrected chi connectivity index (χ1v) is 3.71. The van der Waals surface area contributed by atoms with Crippen LogP contribution in [0.25, 0.3) is 10.8 Å². The van der Waals surface area contributed by atoms with E-state index in [4.69, 9.17) is 0 Å². The number of rotatable bonds is 0. The van der Waals surface area contributed by atoms with Crippen LogP contribution in [0.4, 0.5) is 13.2 Å². The Morgan fingerprint density at radius 3 is 2.38 bits per heavy atom. The first-order valence-electron chi connectivity index (χ1n) is 3.71. The number of alkyl halides is 3. The van der Waals surface area contributed by atoms with Gasteiger partial charge in [0.05, 0.1) is 5.56 Å². The van der Waals surface area contributed by atoms with Crippen molar-refractivity contribution >= 4 is 10.8 Å². The van der Waals surface area contributed by atoms with Gasteiger partial charge < -0.3 is 4.98 Å². The van der Waals surface area contributed by atoms with Gasteiger partial charge in [0.25, 0.3) is 0 Å². The molecule has 4 heteroatoms. The molecule has 2 rings (SSSR count). The molecule has 1 aromatic heterocycles. The first kappa shape index (κ1) is 8.16. The van der Waals surface area contributed by atoms with Gasteiger partial charge in [-0.1, -0.05) is 6.07 Å². The van der Waals surface area contributed by atoms with Gasteiger partial charge in [-0.25, -0.2) is 0 Å². The number of benzene rings is 1. The maximum absolute atomic E-state index is 12.2. The van der Waals surface area contributed by atoms with Crippen LogP contribution >= 0.6 is 0 Å². The fourth-order valence-electron chi connectivity index (χ4n) is 1.23. The number of aromatic amines is 1. The molecular formula is C9H6F3N. The van der Waals surface area contributed by atoms with Gasteiger partial charge in [0.15, 0.2) is 0 Å². The zero-order valence-corrected chi connectivity index (χ0v) is 6.52. The van der Waals surface area contributed by atoms with Crippen LogP contribution in [-0.4, -0.2) is 4.98 Å². The Morgan fingerprint density at radius 2 is 1.69 bits per heavy atom. The lowest BCUT2D eigenvalue weighted by atomic mass is 10.1. The van der Waals surface area contributed by atoms with Crippen molar-refractivity contribution < 1.29 is 13.2 Å². The monoisotopic (exact) mass is 185 g/mol. The summed E-state index contributed by atoms with van der Waals surface area (Å²) in [7, 11) is 0. The summed E-state index contributed by atoms with van der Waals surface area (Å²) in [5.74, 6) is 0. The fourth-order valence-corrected chi connectivity index (χ4v) is 1.23. The molecule has 0 unspecified atom stereocenters. The summed E-state index contributed by atoms with van der Waals surface area (Å²) in [5, 5.41) is 1.36. The molecule has 0 spiro atoms. The van der Waals surface area contributed by atoms with Crippen molar-refractivity contribution in [3.05, 3.63) is 36.2 Å². The second-order valence-corrected chi connectivity index (χ2v) is 2.80. The second kappa shape index (κ2) is 2.52. The molecule has 1 N–H and O–H groups in total. The SMILES string of the molecule is FC(F)(F)c1ccc2c[nH]cc2c1. The summed E-state index contributed by atoms with van der Waals surface area (Å²) in [5.41, 5.74) is -0.611. The molecule has 1 nitrogen and oxygen atoms in total. The maximum Gasteiger partial charge on any atom is 0.416 e. The summed E-state index contributed by atoms with van der Waals surface area (Å²) < 4.78 is 36.6. The van der Waals surface area contributed by atoms with Crippen molar-refractivity contribution in [2.45, 2.75) is 6.18 Å². The van der Waals surface area contributed by atoms with Crippen LogP contribution in [0, 0.1) is 0 Å². The molecular weight excluding hydrogens is 179 g/mol. The van der Waals surface area contributed by atoms with Gasteiger partial charge in [0, 0.05) is 12.4 Å². The Bertz CT molecular complexity index is 428. The fraction of sp³-hybridized carbons (Fsp3) is 0.111. The topological polar surface area (TPSA) is 15.8 Å². The van der Waals surface area contributed by atoms with Crippen LogP contribution in [0.3, 0.4) is 0 Å². The average molecular weight is 185 g/mol. The zero-order chi connectivity index (χ0) is 9.47. The van der Waals surface area contributed by atoms with E-state index in [1.165, 1.54) is 6.07 Å². The molecule has 0 fully saturated rings. The molecule has 1 heterocycles. The van der Waals surface area contributed by atoms with Gasteiger partial charge in [-0.15, -0.1) is 0 Å². The van der Waals surface area contributed by atoms with Gasteiger partial charge in [-0.05, 0) is 22.9 Å². The molecule has 2 aromatic rings. The average Bonchev–Trinajstić information content (AvgIpc) is 2.47. The third kappa shape index (κ3) is 1.39. The van der Waals surface area contributed by atoms with E-state index < -0.39 is 11.7 Å². The Hall–Kier alpha value is -1.45. The number of hydrogen-bond acceptors (Lipinski definition) is 0. The summed E-state index contributed by atoms with van der Waals surface area (Å²) in [6.45, 7) is 0. The van der Waals surface area contributed by atoms with Crippen molar-refractivity contribution in [2.24, 2.45) is 0 Å². The van der Waals surface area contributed by atoms with Gasteiger partial charge >= 0.3 is 6.18 Å². The van der Waals surface area contributed by atoms with Crippen LogP contribution < -0.4 is 0 Å². The van der Waals surface area contributed by atoms with Crippen LogP contribution in [-0.2, 0) is 6.18 Å². The van der Waals surface area contributed by atoms with E-state index in [1.54, 1.807) is 12.4 Å². The maximum atomic E-state index is 12.2. The van der Waals surface area contributed by atoms with Crippen molar-refractivity contribution in [1.29, 1.82) is 0 Å². The van der Waals surface area contributed by atoms with Crippen LogP contribution in [0.1, 0.15) is 5.56 Å². The molecule has 0 atom stereocenters. The lowest BCUT2D eigenvalue weighted by Crippen LogP contribution is -2.03. The van der Waals surface area contributed by atoms with Gasteiger partial charge in [0.1, 0.15) is 0 Å². The highest BCUT2D eigenvalue weighted by molar-refractivity contribution is 5.82. The van der Waals surface area contributed by atoms with Crippen LogP contribution in [0.5, 0.6) is 0 Å². The number of aromatic nitrogens is 1. The largest absolute Gasteiger partial charge is 0.416 e. The highest BCUT2D eigenvalue weighted by Gasteiger charge is 2.30. The summed E-state index contributed by atoms with van der Waals surface area (Å²) in [4.78, 5) is 2.75. The molecule has 0 aliphatic carbocycles. The summed E-state index contributed by atoms with van der Waals surface area (Å²) in [6.07, 6.45) is -1.05. The molecule has 0 saturated carbocycles. The van der Waals surface area contributed by atoms with E-state index in [1.807, 2.05) is 0 Å². The first-order chi connectivity index (χ1) is 6.07. The molecule has 68 valence electrons. The van der Waals surface area contributed by atoms with E-state index in [0.29, 0.717) is 5.39 Å². The Balaban J connectivity index is 2.61. The normalized spacial score (nSPS) is 12.2. The lowest BCUT2D eigenvalue weighted by Gasteiger charge is -2.05. The third-order valence-corrected chi connectivity index (χ3v) is 1.89. The Labute approximate surface area is 72.2 Å². The Morgan fingerprint density at radius 1 is 1.00 bits per heavy atom. The molecule has 13 heavy (non-hydrogen) atoms. The molecule has 0 saturated heterocycles. The molecule has 1 aromatic carbocycles. The second-order valence-electron chi connectivity index (χ2n) is 2.80. The summed E-state index contributed by atoms with van der Waals surface area (Å²) in [6, 6.07) is 3.66. The Kier molecular flexibility index (Phi) is 1.58. The van der Waals surface area contributed by atoms with Crippen molar-refractivity contribution in [2.75, 3.05) is 0 Å². The van der Waals surface area contributed by atoms with Crippen LogP contribution in [0.15, 0.2) is 30.6 Å². The number of halogens is 3. The zero-order valence-electron chi connectivity index (χ0n) is 6.52. The third-order valence-electron chi connectivity index (χ3n) is 1.89. The highest BCUT2D eigenvalue weighted by Crippen LogP contribution is 2.31. The van der Waals surface area contributed by atoms with E-state index in [-0.39, 0.29) is 0 Å². The molecule has 0 radical (unpaired) electrons. The number of H-pyrrole nitrogens is 1. The predicted molar refractivity (Wildman–Crippen MR) is 43.3 cm³/mol. The number of hydrogen-bond donors (Lipinski definition) is 1. The van der Waals surface area contributed by atoms with E-state index in [9.17, 15) is 13.2 Å². The van der Waals surface area contributed by atoms with Crippen molar-refractivity contribution in [3.8, 4) is 0 Å². The van der Waals surface area contributed by atoms with Crippen molar-refractivity contribution in [1.82, 2.24) is 4.98 Å². The molecule has 0 amide bonds. The minimum Gasteiger partial charge on any atom is -0.366 e. The summed E-state index contributed by atoms with van der Waals surface area (Å²) >= 11 is 0. The van der Waals surface area contributed by atoms with E-state index in [2.05, 4.69) is 4.98 Å². The standard InChI is InChI=1S/C9H6F3N/c10-9(11,12)8-2-1-6-4-13-5-7(6)3-8/h1-5,13H. The smallest absolute Gasteiger partial charge is 0.366 e. The van der Waals surface area contributed by atoms with E-state index in [0.717, 1.165) is 17.5 Å². The van der Waals surface area contributed by atoms with Crippen molar-refractivity contribution in [3.63, 3.8) is 0 Å². The van der Waals surface area contributed by atoms with Crippen LogP contribution in [0.2, 0.25) is 0 Å². The molecule has 0 aliphatic heterocycles. The lowest BCUT2D eigenvalue weighted by molar-refractivity contribution is -0.137. The highest BCUT2D eigenvalue weighted by atomic mass is 19.4. The van der Waals surface area contributed by atoms with Gasteiger partial charge in [-0.2, -0.15) is 13.2 Å². The van der Waals surface area contributed by atoms with Gasteiger partial charge in [-0.3, -0.25) is 0 Å². The number of nitrogens with one attached hydrogen (secondary N) is 1. The minimum absolute atomic E-state index is 0.579. The quantitative estimate of drug-likeness (QED) is 0.648. The van der Waals surface area contributed by atoms with E-state index >= 15 is 0 Å².